The molecule has 0 amide bonds. The number of fused-ring (bicyclic) bond motifs is 7. The fraction of sp³-hybridized carbons (Fsp3) is 0.778. The van der Waals surface area contributed by atoms with Gasteiger partial charge >= 0.3 is 0 Å². The first-order chi connectivity index (χ1) is 14.6. The number of methoxy groups -OCH3 is 1. The third-order valence-corrected chi connectivity index (χ3v) is 10.7. The van der Waals surface area contributed by atoms with E-state index in [1.807, 2.05) is 0 Å². The van der Waals surface area contributed by atoms with E-state index >= 15 is 0 Å². The van der Waals surface area contributed by atoms with Crippen LogP contribution in [0.15, 0.2) is 18.2 Å². The van der Waals surface area contributed by atoms with Crippen molar-refractivity contribution >= 4 is 8.32 Å². The van der Waals surface area contributed by atoms with Crippen LogP contribution >= 0.6 is 0 Å². The van der Waals surface area contributed by atoms with Gasteiger partial charge in [-0.3, -0.25) is 0 Å². The van der Waals surface area contributed by atoms with E-state index in [9.17, 15) is 5.11 Å². The van der Waals surface area contributed by atoms with Crippen molar-refractivity contribution in [3.8, 4) is 5.75 Å². The molecule has 3 fully saturated rings. The summed E-state index contributed by atoms with van der Waals surface area (Å²) in [4.78, 5) is 0. The lowest BCUT2D eigenvalue weighted by atomic mass is 9.50. The highest BCUT2D eigenvalue weighted by Gasteiger charge is 2.70. The highest BCUT2D eigenvalue weighted by atomic mass is 28.4. The Labute approximate surface area is 190 Å². The fourth-order valence-corrected chi connectivity index (χ4v) is 10.4. The fourth-order valence-electron chi connectivity index (χ4n) is 8.78. The van der Waals surface area contributed by atoms with E-state index in [0.29, 0.717) is 17.8 Å². The Morgan fingerprint density at radius 2 is 1.97 bits per heavy atom. The minimum atomic E-state index is -1.73. The average Bonchev–Trinajstić information content (AvgIpc) is 3.13. The smallest absolute Gasteiger partial charge is 0.184 e. The summed E-state index contributed by atoms with van der Waals surface area (Å²) in [5.41, 5.74) is 3.20. The Hall–Kier alpha value is -0.843. The summed E-state index contributed by atoms with van der Waals surface area (Å²) in [5.74, 6) is 4.39. The zero-order chi connectivity index (χ0) is 22.2. The molecule has 8 atom stereocenters. The van der Waals surface area contributed by atoms with Gasteiger partial charge in [-0.1, -0.05) is 26.3 Å². The maximum absolute atomic E-state index is 10.7. The van der Waals surface area contributed by atoms with Crippen molar-refractivity contribution in [1.82, 2.24) is 0 Å². The second kappa shape index (κ2) is 7.33. The van der Waals surface area contributed by atoms with Crippen molar-refractivity contribution in [1.29, 1.82) is 0 Å². The van der Waals surface area contributed by atoms with Crippen LogP contribution in [0.3, 0.4) is 0 Å². The molecule has 31 heavy (non-hydrogen) atoms. The number of hydrogen-bond donors (Lipinski definition) is 1. The van der Waals surface area contributed by atoms with Crippen LogP contribution in [0, 0.1) is 29.1 Å². The lowest BCUT2D eigenvalue weighted by Gasteiger charge is -2.57. The zero-order valence-corrected chi connectivity index (χ0v) is 21.4. The van der Waals surface area contributed by atoms with Crippen molar-refractivity contribution < 1.29 is 14.3 Å². The molecule has 0 saturated heterocycles. The van der Waals surface area contributed by atoms with E-state index in [1.54, 1.807) is 12.7 Å². The second-order valence-electron chi connectivity index (χ2n) is 12.3. The monoisotopic (exact) mass is 442 g/mol. The van der Waals surface area contributed by atoms with Gasteiger partial charge in [-0.05, 0) is 110 Å². The van der Waals surface area contributed by atoms with Crippen LogP contribution in [-0.2, 0) is 10.8 Å². The molecule has 5 rings (SSSR count). The van der Waals surface area contributed by atoms with Gasteiger partial charge < -0.3 is 14.3 Å². The minimum Gasteiger partial charge on any atom is -0.497 e. The number of hydrogen-bond acceptors (Lipinski definition) is 3. The van der Waals surface area contributed by atoms with Gasteiger partial charge in [-0.2, -0.15) is 0 Å². The molecular formula is C27H42O3Si. The summed E-state index contributed by atoms with van der Waals surface area (Å²) < 4.78 is 12.7. The molecule has 4 heteroatoms. The van der Waals surface area contributed by atoms with Gasteiger partial charge in [-0.25, -0.2) is 0 Å². The van der Waals surface area contributed by atoms with E-state index in [4.69, 9.17) is 9.16 Å². The van der Waals surface area contributed by atoms with E-state index in [-0.39, 0.29) is 17.1 Å². The van der Waals surface area contributed by atoms with Crippen molar-refractivity contribution in [3.05, 3.63) is 29.3 Å². The molecule has 0 spiro atoms. The van der Waals surface area contributed by atoms with Gasteiger partial charge in [0.25, 0.3) is 0 Å². The normalized spacial score (nSPS) is 43.7. The molecule has 0 heterocycles. The predicted molar refractivity (Wildman–Crippen MR) is 128 cm³/mol. The predicted octanol–water partition coefficient (Wildman–Crippen LogP) is 6.16. The molecule has 3 saturated carbocycles. The van der Waals surface area contributed by atoms with Crippen molar-refractivity contribution in [2.24, 2.45) is 29.1 Å². The Morgan fingerprint density at radius 3 is 2.65 bits per heavy atom. The summed E-state index contributed by atoms with van der Waals surface area (Å²) in [6.07, 6.45) is 7.79. The molecule has 4 unspecified atom stereocenters. The van der Waals surface area contributed by atoms with E-state index in [2.05, 4.69) is 51.7 Å². The molecule has 1 N–H and O–H groups in total. The summed E-state index contributed by atoms with van der Waals surface area (Å²) in [6, 6.07) is 6.84. The largest absolute Gasteiger partial charge is 0.497 e. The Bertz CT molecular complexity index is 847. The standard InChI is InChI=1S/C27H42O3Si/c1-7-17-12-18-13-21(29-3)8-9-22(18)23-10-11-26(2)24(25(17)23)15-19-14-20(28)16-27(19,26)30-31(4,5)6/h8-9,13,17,19-20,23-25,28H,7,10-12,14-16H2,1-6H3/t17?,19-,20-,23?,24?,25?,26+,27+/m1/s1. The molecule has 172 valence electrons. The molecule has 1 aromatic rings. The minimum absolute atomic E-state index is 0.106. The van der Waals surface area contributed by atoms with Gasteiger partial charge in [0.2, 0.25) is 0 Å². The first-order valence-electron chi connectivity index (χ1n) is 12.7. The number of ether oxygens (including phenoxy) is 1. The third kappa shape index (κ3) is 3.19. The van der Waals surface area contributed by atoms with Crippen molar-refractivity contribution in [3.63, 3.8) is 0 Å². The maximum atomic E-state index is 10.7. The summed E-state index contributed by atoms with van der Waals surface area (Å²) in [7, 11) is 0.0458. The highest BCUT2D eigenvalue weighted by Crippen LogP contribution is 2.71. The third-order valence-electron chi connectivity index (χ3n) is 9.77. The van der Waals surface area contributed by atoms with Crippen LogP contribution in [0.4, 0.5) is 0 Å². The van der Waals surface area contributed by atoms with Gasteiger partial charge in [0.1, 0.15) is 5.75 Å². The van der Waals surface area contributed by atoms with Crippen LogP contribution in [-0.4, -0.2) is 32.2 Å². The Morgan fingerprint density at radius 1 is 1.19 bits per heavy atom. The van der Waals surface area contributed by atoms with E-state index < -0.39 is 8.32 Å². The average molecular weight is 443 g/mol. The summed E-state index contributed by atoms with van der Waals surface area (Å²) in [6.45, 7) is 12.0. The quantitative estimate of drug-likeness (QED) is 0.568. The molecule has 0 bridgehead atoms. The van der Waals surface area contributed by atoms with Crippen LogP contribution in [0.2, 0.25) is 19.6 Å². The lowest BCUT2D eigenvalue weighted by molar-refractivity contribution is -0.110. The molecule has 4 aliphatic rings. The Balaban J connectivity index is 1.56. The van der Waals surface area contributed by atoms with Crippen LogP contribution in [0.25, 0.3) is 0 Å². The molecule has 0 aliphatic heterocycles. The van der Waals surface area contributed by atoms with Gasteiger partial charge in [-0.15, -0.1) is 0 Å². The first-order valence-corrected chi connectivity index (χ1v) is 16.1. The van der Waals surface area contributed by atoms with Crippen molar-refractivity contribution in [2.45, 2.75) is 96.1 Å². The summed E-state index contributed by atoms with van der Waals surface area (Å²) >= 11 is 0. The van der Waals surface area contributed by atoms with Gasteiger partial charge in [0.15, 0.2) is 8.32 Å². The summed E-state index contributed by atoms with van der Waals surface area (Å²) in [5, 5.41) is 10.7. The first kappa shape index (κ1) is 22.0. The molecule has 4 aliphatic carbocycles. The maximum Gasteiger partial charge on any atom is 0.184 e. The SMILES string of the molecule is CCC1Cc2cc(OC)ccc2C2CC[C@@]3(C)C(C[C@H]4C[C@@H](O)C[C@]43O[Si](C)(C)C)C12. The van der Waals surface area contributed by atoms with Crippen LogP contribution in [0.1, 0.15) is 69.4 Å². The number of rotatable bonds is 4. The van der Waals surface area contributed by atoms with Crippen LogP contribution in [0.5, 0.6) is 5.75 Å². The lowest BCUT2D eigenvalue weighted by Crippen LogP contribution is -2.57. The topological polar surface area (TPSA) is 38.7 Å². The Kier molecular flexibility index (Phi) is 5.20. The number of benzene rings is 1. The highest BCUT2D eigenvalue weighted by molar-refractivity contribution is 6.69. The molecule has 0 radical (unpaired) electrons. The second-order valence-corrected chi connectivity index (χ2v) is 16.7. The zero-order valence-electron chi connectivity index (χ0n) is 20.4. The molecular weight excluding hydrogens is 400 g/mol. The molecule has 3 nitrogen and oxygen atoms in total. The molecule has 0 aromatic heterocycles. The number of aliphatic hydroxyl groups excluding tert-OH is 1. The van der Waals surface area contributed by atoms with E-state index in [0.717, 1.165) is 30.4 Å². The van der Waals surface area contributed by atoms with Crippen LogP contribution < -0.4 is 4.74 Å². The molecule has 1 aromatic carbocycles. The number of aliphatic hydroxyl groups is 1. The van der Waals surface area contributed by atoms with E-state index in [1.165, 1.54) is 37.7 Å². The van der Waals surface area contributed by atoms with Crippen molar-refractivity contribution in [2.75, 3.05) is 7.11 Å². The van der Waals surface area contributed by atoms with Gasteiger partial charge in [0, 0.05) is 6.42 Å². The van der Waals surface area contributed by atoms with Gasteiger partial charge in [0.05, 0.1) is 18.8 Å².